The fourth-order valence-electron chi connectivity index (χ4n) is 6.15. The molecule has 3 aromatic rings. The fraction of sp³-hybridized carbons (Fsp3) is 0.364. The number of carbonyl (C=O) groups is 3. The minimum Gasteiger partial charge on any atom is -0.481 e. The Bertz CT molecular complexity index is 1300. The topological polar surface area (TPSA) is 95.9 Å². The van der Waals surface area contributed by atoms with Crippen molar-refractivity contribution >= 4 is 18.0 Å². The van der Waals surface area contributed by atoms with Crippen LogP contribution in [0.5, 0.6) is 0 Å². The highest BCUT2D eigenvalue weighted by Crippen LogP contribution is 2.44. The van der Waals surface area contributed by atoms with Crippen LogP contribution >= 0.6 is 0 Å². The van der Waals surface area contributed by atoms with E-state index in [1.807, 2.05) is 54.6 Å². The van der Waals surface area contributed by atoms with E-state index in [-0.39, 0.29) is 37.8 Å². The maximum Gasteiger partial charge on any atom is 0.407 e. The first kappa shape index (κ1) is 27.4. The molecule has 2 aliphatic carbocycles. The molecule has 3 aromatic carbocycles. The van der Waals surface area contributed by atoms with Gasteiger partial charge in [0.2, 0.25) is 5.91 Å². The number of carboxylic acids is 1. The number of aliphatic carboxylic acids is 1. The molecule has 0 aromatic heterocycles. The fourth-order valence-corrected chi connectivity index (χ4v) is 6.15. The Balaban J connectivity index is 1.27. The van der Waals surface area contributed by atoms with Crippen LogP contribution < -0.4 is 5.32 Å². The minimum absolute atomic E-state index is 0.0422. The SMILES string of the molecule is O=C(O)CCN(Cc1ccccc1)C(=O)CC1(NC(=O)OCC2c3ccccc3-c3ccccc32)CCCCC1. The lowest BCUT2D eigenvalue weighted by Gasteiger charge is -2.38. The van der Waals surface area contributed by atoms with Crippen molar-refractivity contribution < 1.29 is 24.2 Å². The lowest BCUT2D eigenvalue weighted by molar-refractivity contribution is -0.139. The molecule has 5 rings (SSSR count). The molecule has 2 aliphatic rings. The monoisotopic (exact) mass is 540 g/mol. The van der Waals surface area contributed by atoms with Crippen molar-refractivity contribution in [3.8, 4) is 11.1 Å². The molecular formula is C33H36N2O5. The van der Waals surface area contributed by atoms with Gasteiger partial charge in [0.25, 0.3) is 0 Å². The second kappa shape index (κ2) is 12.4. The Hall–Kier alpha value is -4.13. The highest BCUT2D eigenvalue weighted by atomic mass is 16.5. The molecule has 208 valence electrons. The van der Waals surface area contributed by atoms with Gasteiger partial charge < -0.3 is 20.1 Å². The Morgan fingerprint density at radius 3 is 2.08 bits per heavy atom. The second-order valence-electron chi connectivity index (χ2n) is 10.9. The van der Waals surface area contributed by atoms with Crippen LogP contribution in [0.2, 0.25) is 0 Å². The number of amides is 2. The molecule has 7 nitrogen and oxygen atoms in total. The van der Waals surface area contributed by atoms with Crippen LogP contribution in [0, 0.1) is 0 Å². The van der Waals surface area contributed by atoms with E-state index in [1.165, 1.54) is 11.1 Å². The standard InChI is InChI=1S/C33H36N2O5/c36-30(35(20-17-31(37)38)22-24-11-3-1-4-12-24)21-33(18-9-2-10-19-33)34-32(39)40-23-29-27-15-7-5-13-25(27)26-14-6-8-16-28(26)29/h1,3-8,11-16,29H,2,9-10,17-23H2,(H,34,39)(H,37,38). The molecule has 1 fully saturated rings. The molecule has 2 amide bonds. The van der Waals surface area contributed by atoms with Crippen LogP contribution in [0.3, 0.4) is 0 Å². The quantitative estimate of drug-likeness (QED) is 0.323. The zero-order chi connectivity index (χ0) is 28.0. The highest BCUT2D eigenvalue weighted by Gasteiger charge is 2.38. The van der Waals surface area contributed by atoms with Gasteiger partial charge >= 0.3 is 12.1 Å². The lowest BCUT2D eigenvalue weighted by Crippen LogP contribution is -2.53. The van der Waals surface area contributed by atoms with Gasteiger partial charge in [0, 0.05) is 19.0 Å². The molecule has 0 heterocycles. The number of hydrogen-bond donors (Lipinski definition) is 2. The third kappa shape index (κ3) is 6.36. The molecule has 0 unspecified atom stereocenters. The van der Waals surface area contributed by atoms with Crippen molar-refractivity contribution in [2.75, 3.05) is 13.2 Å². The summed E-state index contributed by atoms with van der Waals surface area (Å²) in [6.07, 6.45) is 3.69. The number of fused-ring (bicyclic) bond motifs is 3. The van der Waals surface area contributed by atoms with Crippen molar-refractivity contribution in [2.24, 2.45) is 0 Å². The number of hydrogen-bond acceptors (Lipinski definition) is 4. The molecule has 0 radical (unpaired) electrons. The number of alkyl carbamates (subject to hydrolysis) is 1. The van der Waals surface area contributed by atoms with Gasteiger partial charge in [-0.25, -0.2) is 4.79 Å². The van der Waals surface area contributed by atoms with Crippen LogP contribution in [-0.4, -0.2) is 46.7 Å². The van der Waals surface area contributed by atoms with E-state index in [9.17, 15) is 19.5 Å². The van der Waals surface area contributed by atoms with E-state index in [1.54, 1.807) is 4.90 Å². The van der Waals surface area contributed by atoms with Gasteiger partial charge in [0.1, 0.15) is 6.61 Å². The Morgan fingerprint density at radius 1 is 0.850 bits per heavy atom. The molecule has 0 spiro atoms. The van der Waals surface area contributed by atoms with Crippen LogP contribution in [0.25, 0.3) is 11.1 Å². The second-order valence-corrected chi connectivity index (χ2v) is 10.9. The number of ether oxygens (including phenoxy) is 1. The van der Waals surface area contributed by atoms with Crippen molar-refractivity contribution in [1.82, 2.24) is 10.2 Å². The van der Waals surface area contributed by atoms with Gasteiger partial charge in [-0.05, 0) is 40.7 Å². The average molecular weight is 541 g/mol. The summed E-state index contributed by atoms with van der Waals surface area (Å²) in [7, 11) is 0. The van der Waals surface area contributed by atoms with Gasteiger partial charge in [-0.15, -0.1) is 0 Å². The van der Waals surface area contributed by atoms with Gasteiger partial charge in [0.05, 0.1) is 18.4 Å². The number of carbonyl (C=O) groups excluding carboxylic acids is 2. The highest BCUT2D eigenvalue weighted by molar-refractivity contribution is 5.80. The number of carboxylic acid groups (broad SMARTS) is 1. The minimum atomic E-state index is -0.949. The molecule has 40 heavy (non-hydrogen) atoms. The molecule has 7 heteroatoms. The average Bonchev–Trinajstić information content (AvgIpc) is 3.28. The van der Waals surface area contributed by atoms with E-state index in [0.29, 0.717) is 19.4 Å². The summed E-state index contributed by atoms with van der Waals surface area (Å²) in [5.74, 6) is -1.15. The Morgan fingerprint density at radius 2 is 1.45 bits per heavy atom. The van der Waals surface area contributed by atoms with Crippen molar-refractivity contribution in [1.29, 1.82) is 0 Å². The first-order valence-corrected chi connectivity index (χ1v) is 14.1. The molecular weight excluding hydrogens is 504 g/mol. The number of nitrogens with one attached hydrogen (secondary N) is 1. The smallest absolute Gasteiger partial charge is 0.407 e. The molecule has 2 N–H and O–H groups in total. The number of rotatable bonds is 10. The maximum absolute atomic E-state index is 13.6. The summed E-state index contributed by atoms with van der Waals surface area (Å²) in [6, 6.07) is 26.0. The normalized spacial score (nSPS) is 15.5. The predicted octanol–water partition coefficient (Wildman–Crippen LogP) is 6.12. The molecule has 0 saturated heterocycles. The summed E-state index contributed by atoms with van der Waals surface area (Å²) in [5, 5.41) is 12.4. The van der Waals surface area contributed by atoms with Crippen LogP contribution in [-0.2, 0) is 20.9 Å². The summed E-state index contributed by atoms with van der Waals surface area (Å²) in [6.45, 7) is 0.653. The first-order chi connectivity index (χ1) is 19.4. The van der Waals surface area contributed by atoms with Gasteiger partial charge in [0.15, 0.2) is 0 Å². The summed E-state index contributed by atoms with van der Waals surface area (Å²) < 4.78 is 5.83. The van der Waals surface area contributed by atoms with E-state index in [0.717, 1.165) is 36.0 Å². The Labute approximate surface area is 235 Å². The van der Waals surface area contributed by atoms with Crippen LogP contribution in [0.15, 0.2) is 78.9 Å². The van der Waals surface area contributed by atoms with E-state index >= 15 is 0 Å². The zero-order valence-corrected chi connectivity index (χ0v) is 22.7. The van der Waals surface area contributed by atoms with E-state index in [2.05, 4.69) is 29.6 Å². The summed E-state index contributed by atoms with van der Waals surface area (Å²) >= 11 is 0. The van der Waals surface area contributed by atoms with Crippen molar-refractivity contribution in [2.45, 2.75) is 62.9 Å². The van der Waals surface area contributed by atoms with Crippen LogP contribution in [0.4, 0.5) is 4.79 Å². The zero-order valence-electron chi connectivity index (χ0n) is 22.7. The predicted molar refractivity (Wildman–Crippen MR) is 153 cm³/mol. The molecule has 0 atom stereocenters. The Kier molecular flexibility index (Phi) is 8.48. The van der Waals surface area contributed by atoms with E-state index < -0.39 is 17.6 Å². The van der Waals surface area contributed by atoms with Crippen molar-refractivity contribution in [3.05, 3.63) is 95.6 Å². The number of benzene rings is 3. The van der Waals surface area contributed by atoms with Gasteiger partial charge in [-0.1, -0.05) is 98.1 Å². The third-order valence-corrected chi connectivity index (χ3v) is 8.18. The molecule has 1 saturated carbocycles. The van der Waals surface area contributed by atoms with Gasteiger partial charge in [-0.3, -0.25) is 9.59 Å². The summed E-state index contributed by atoms with van der Waals surface area (Å²) in [4.78, 5) is 39.7. The largest absolute Gasteiger partial charge is 0.481 e. The summed E-state index contributed by atoms with van der Waals surface area (Å²) in [5.41, 5.74) is 4.85. The lowest BCUT2D eigenvalue weighted by atomic mass is 9.79. The number of nitrogens with zero attached hydrogens (tertiary/aromatic N) is 1. The van der Waals surface area contributed by atoms with Gasteiger partial charge in [-0.2, -0.15) is 0 Å². The third-order valence-electron chi connectivity index (χ3n) is 8.18. The van der Waals surface area contributed by atoms with Crippen LogP contribution in [0.1, 0.15) is 67.6 Å². The first-order valence-electron chi connectivity index (χ1n) is 14.1. The maximum atomic E-state index is 13.6. The molecule has 0 aliphatic heterocycles. The van der Waals surface area contributed by atoms with E-state index in [4.69, 9.17) is 4.74 Å². The molecule has 0 bridgehead atoms. The van der Waals surface area contributed by atoms with Crippen molar-refractivity contribution in [3.63, 3.8) is 0 Å².